The van der Waals surface area contributed by atoms with Crippen LogP contribution in [0, 0.1) is 0 Å². The van der Waals surface area contributed by atoms with Gasteiger partial charge < -0.3 is 4.42 Å². The van der Waals surface area contributed by atoms with Crippen molar-refractivity contribution in [2.24, 2.45) is 0 Å². The number of hydrogen-bond donors (Lipinski definition) is 0. The molecular weight excluding hydrogens is 301 g/mol. The SMILES string of the molecule is O=C(c1ccc(Cl)cc1)n1c(=O)oc2ccc(Cl)cc21. The summed E-state index contributed by atoms with van der Waals surface area (Å²) in [7, 11) is 0. The van der Waals surface area contributed by atoms with Gasteiger partial charge in [0, 0.05) is 15.6 Å². The first-order chi connectivity index (χ1) is 9.56. The highest BCUT2D eigenvalue weighted by atomic mass is 35.5. The first-order valence-electron chi connectivity index (χ1n) is 5.67. The molecule has 0 aliphatic rings. The number of fused-ring (bicyclic) bond motifs is 1. The van der Waals surface area contributed by atoms with Gasteiger partial charge in [0.05, 0.1) is 5.52 Å². The Balaban J connectivity index is 2.21. The molecule has 0 aliphatic heterocycles. The predicted octanol–water partition coefficient (Wildman–Crippen LogP) is 3.59. The summed E-state index contributed by atoms with van der Waals surface area (Å²) in [5.41, 5.74) is 0.975. The maximum absolute atomic E-state index is 12.4. The maximum Gasteiger partial charge on any atom is 0.427 e. The van der Waals surface area contributed by atoms with Crippen LogP contribution in [0.4, 0.5) is 0 Å². The van der Waals surface area contributed by atoms with Crippen molar-refractivity contribution in [3.8, 4) is 0 Å². The summed E-state index contributed by atoms with van der Waals surface area (Å²) in [4.78, 5) is 24.2. The van der Waals surface area contributed by atoms with E-state index in [0.717, 1.165) is 4.57 Å². The minimum Gasteiger partial charge on any atom is -0.407 e. The fourth-order valence-corrected chi connectivity index (χ4v) is 2.20. The molecule has 0 aliphatic carbocycles. The molecule has 2 aromatic carbocycles. The molecule has 1 aromatic heterocycles. The highest BCUT2D eigenvalue weighted by molar-refractivity contribution is 6.31. The van der Waals surface area contributed by atoms with Crippen molar-refractivity contribution in [1.29, 1.82) is 0 Å². The highest BCUT2D eigenvalue weighted by Gasteiger charge is 2.17. The molecule has 0 saturated carbocycles. The van der Waals surface area contributed by atoms with Crippen molar-refractivity contribution in [3.05, 3.63) is 68.6 Å². The lowest BCUT2D eigenvalue weighted by atomic mass is 10.2. The van der Waals surface area contributed by atoms with E-state index in [-0.39, 0.29) is 0 Å². The van der Waals surface area contributed by atoms with E-state index in [1.807, 2.05) is 0 Å². The zero-order valence-corrected chi connectivity index (χ0v) is 11.5. The van der Waals surface area contributed by atoms with Gasteiger partial charge in [-0.05, 0) is 42.5 Å². The van der Waals surface area contributed by atoms with Crippen molar-refractivity contribution >= 4 is 40.2 Å². The average Bonchev–Trinajstić information content (AvgIpc) is 2.74. The van der Waals surface area contributed by atoms with Crippen LogP contribution >= 0.6 is 23.2 Å². The van der Waals surface area contributed by atoms with E-state index < -0.39 is 11.7 Å². The third kappa shape index (κ3) is 2.13. The fourth-order valence-electron chi connectivity index (χ4n) is 1.90. The van der Waals surface area contributed by atoms with Crippen molar-refractivity contribution in [2.45, 2.75) is 0 Å². The van der Waals surface area contributed by atoms with Crippen LogP contribution in [0.2, 0.25) is 10.0 Å². The van der Waals surface area contributed by atoms with Gasteiger partial charge >= 0.3 is 5.76 Å². The average molecular weight is 308 g/mol. The molecule has 0 fully saturated rings. The quantitative estimate of drug-likeness (QED) is 0.690. The molecule has 0 atom stereocenters. The zero-order chi connectivity index (χ0) is 14.3. The van der Waals surface area contributed by atoms with E-state index in [4.69, 9.17) is 27.6 Å². The lowest BCUT2D eigenvalue weighted by Gasteiger charge is -2.01. The first kappa shape index (κ1) is 13.0. The number of oxazole rings is 1. The second-order valence-corrected chi connectivity index (χ2v) is 5.00. The number of nitrogens with zero attached hydrogens (tertiary/aromatic N) is 1. The number of aromatic nitrogens is 1. The molecule has 4 nitrogen and oxygen atoms in total. The molecule has 0 radical (unpaired) electrons. The molecule has 100 valence electrons. The largest absolute Gasteiger partial charge is 0.427 e. The van der Waals surface area contributed by atoms with Crippen molar-refractivity contribution in [3.63, 3.8) is 0 Å². The molecule has 1 heterocycles. The summed E-state index contributed by atoms with van der Waals surface area (Å²) in [6.07, 6.45) is 0. The van der Waals surface area contributed by atoms with Gasteiger partial charge in [-0.3, -0.25) is 4.79 Å². The number of benzene rings is 2. The summed E-state index contributed by atoms with van der Waals surface area (Å²) in [5, 5.41) is 0.921. The molecule has 0 unspecified atom stereocenters. The lowest BCUT2D eigenvalue weighted by Crippen LogP contribution is -2.23. The van der Waals surface area contributed by atoms with E-state index in [2.05, 4.69) is 0 Å². The smallest absolute Gasteiger partial charge is 0.407 e. The number of carbonyl (C=O) groups excluding carboxylic acids is 1. The van der Waals surface area contributed by atoms with Crippen molar-refractivity contribution < 1.29 is 9.21 Å². The number of carbonyl (C=O) groups is 1. The van der Waals surface area contributed by atoms with Crippen LogP contribution in [0.3, 0.4) is 0 Å². The molecule has 6 heteroatoms. The Hall–Kier alpha value is -2.04. The van der Waals surface area contributed by atoms with Crippen LogP contribution in [-0.4, -0.2) is 10.5 Å². The Kier molecular flexibility index (Phi) is 3.12. The molecule has 3 aromatic rings. The standard InChI is InChI=1S/C14H7Cl2NO3/c15-9-3-1-8(2-4-9)13(18)17-11-7-10(16)5-6-12(11)20-14(17)19/h1-7H. The van der Waals surface area contributed by atoms with Gasteiger partial charge in [-0.25, -0.2) is 9.36 Å². The van der Waals surface area contributed by atoms with Gasteiger partial charge in [0.25, 0.3) is 5.91 Å². The van der Waals surface area contributed by atoms with E-state index in [1.165, 1.54) is 6.07 Å². The Morgan fingerprint density at radius 1 is 1.00 bits per heavy atom. The summed E-state index contributed by atoms with van der Waals surface area (Å²) in [5.74, 6) is -1.24. The number of rotatable bonds is 1. The Bertz CT molecular complexity index is 862. The summed E-state index contributed by atoms with van der Waals surface area (Å²) in [6, 6.07) is 10.9. The Labute approximate surface area is 123 Å². The molecule has 0 bridgehead atoms. The fraction of sp³-hybridized carbons (Fsp3) is 0. The minimum absolute atomic E-state index is 0.307. The minimum atomic E-state index is -0.748. The van der Waals surface area contributed by atoms with Gasteiger partial charge in [-0.15, -0.1) is 0 Å². The number of hydrogen-bond acceptors (Lipinski definition) is 3. The lowest BCUT2D eigenvalue weighted by molar-refractivity contribution is 0.0956. The molecule has 0 N–H and O–H groups in total. The Morgan fingerprint density at radius 3 is 2.35 bits per heavy atom. The van der Waals surface area contributed by atoms with Gasteiger partial charge in [-0.1, -0.05) is 23.2 Å². The van der Waals surface area contributed by atoms with Gasteiger partial charge in [-0.2, -0.15) is 0 Å². The number of halogens is 2. The van der Waals surface area contributed by atoms with Gasteiger partial charge in [0.2, 0.25) is 0 Å². The topological polar surface area (TPSA) is 52.2 Å². The van der Waals surface area contributed by atoms with Crippen LogP contribution in [-0.2, 0) is 0 Å². The third-order valence-electron chi connectivity index (χ3n) is 2.84. The zero-order valence-electron chi connectivity index (χ0n) is 9.97. The van der Waals surface area contributed by atoms with Crippen LogP contribution in [0.15, 0.2) is 51.7 Å². The molecule has 0 spiro atoms. The van der Waals surface area contributed by atoms with Crippen LogP contribution in [0.1, 0.15) is 10.4 Å². The molecule has 0 saturated heterocycles. The Morgan fingerprint density at radius 2 is 1.65 bits per heavy atom. The molecular formula is C14H7Cl2NO3. The first-order valence-corrected chi connectivity index (χ1v) is 6.43. The molecule has 0 amide bonds. The predicted molar refractivity (Wildman–Crippen MR) is 76.7 cm³/mol. The molecule has 3 rings (SSSR count). The van der Waals surface area contributed by atoms with E-state index in [1.54, 1.807) is 36.4 Å². The summed E-state index contributed by atoms with van der Waals surface area (Å²) in [6.45, 7) is 0. The van der Waals surface area contributed by atoms with Gasteiger partial charge in [0.15, 0.2) is 5.58 Å². The van der Waals surface area contributed by atoms with E-state index >= 15 is 0 Å². The molecule has 20 heavy (non-hydrogen) atoms. The van der Waals surface area contributed by atoms with E-state index in [0.29, 0.717) is 26.7 Å². The van der Waals surface area contributed by atoms with Crippen molar-refractivity contribution in [2.75, 3.05) is 0 Å². The van der Waals surface area contributed by atoms with Crippen molar-refractivity contribution in [1.82, 2.24) is 4.57 Å². The normalized spacial score (nSPS) is 10.9. The summed E-state index contributed by atoms with van der Waals surface area (Å²) < 4.78 is 5.97. The van der Waals surface area contributed by atoms with E-state index in [9.17, 15) is 9.59 Å². The third-order valence-corrected chi connectivity index (χ3v) is 3.32. The monoisotopic (exact) mass is 307 g/mol. The van der Waals surface area contributed by atoms with Gasteiger partial charge in [0.1, 0.15) is 0 Å². The van der Waals surface area contributed by atoms with Crippen LogP contribution in [0.25, 0.3) is 11.1 Å². The second-order valence-electron chi connectivity index (χ2n) is 4.13. The highest BCUT2D eigenvalue weighted by Crippen LogP contribution is 2.19. The maximum atomic E-state index is 12.4. The van der Waals surface area contributed by atoms with Crippen LogP contribution in [0.5, 0.6) is 0 Å². The summed E-state index contributed by atoms with van der Waals surface area (Å²) >= 11 is 11.7. The second kappa shape index (κ2) is 4.81. The van der Waals surface area contributed by atoms with Crippen LogP contribution < -0.4 is 5.76 Å².